The maximum absolute atomic E-state index is 8.54. The van der Waals surface area contributed by atoms with E-state index in [0.29, 0.717) is 5.15 Å². The highest BCUT2D eigenvalue weighted by atomic mass is 35.5. The molecule has 4 N–H and O–H groups in total. The number of hydrogen-bond donors (Lipinski definition) is 2. The molecule has 1 aromatic rings. The summed E-state index contributed by atoms with van der Waals surface area (Å²) >= 11 is 7.32. The lowest BCUT2D eigenvalue weighted by atomic mass is 10.3. The van der Waals surface area contributed by atoms with Crippen molar-refractivity contribution >= 4 is 28.5 Å². The fourth-order valence-corrected chi connectivity index (χ4v) is 2.50. The molecule has 1 fully saturated rings. The molecule has 6 nitrogen and oxygen atoms in total. The third kappa shape index (κ3) is 4.16. The summed E-state index contributed by atoms with van der Waals surface area (Å²) in [6, 6.07) is 3.70. The molecular weight excluding hydrogens is 272 g/mol. The fourth-order valence-electron chi connectivity index (χ4n) is 1.45. The van der Waals surface area contributed by atoms with Crippen molar-refractivity contribution in [2.45, 2.75) is 6.54 Å². The number of aliphatic imine (C=N–C) groups is 1. The van der Waals surface area contributed by atoms with Crippen LogP contribution in [0.1, 0.15) is 5.56 Å². The Morgan fingerprint density at radius 3 is 2.94 bits per heavy atom. The van der Waals surface area contributed by atoms with Gasteiger partial charge in [-0.3, -0.25) is 11.7 Å². The van der Waals surface area contributed by atoms with E-state index in [2.05, 4.69) is 26.6 Å². The van der Waals surface area contributed by atoms with Gasteiger partial charge in [-0.1, -0.05) is 29.4 Å². The van der Waals surface area contributed by atoms with E-state index in [1.54, 1.807) is 24.0 Å². The summed E-state index contributed by atoms with van der Waals surface area (Å²) in [5.41, 5.74) is 1.07. The Hall–Kier alpha value is -1.33. The van der Waals surface area contributed by atoms with Gasteiger partial charge in [-0.15, -0.1) is 4.99 Å². The van der Waals surface area contributed by atoms with Gasteiger partial charge in [-0.05, 0) is 11.6 Å². The van der Waals surface area contributed by atoms with Crippen molar-refractivity contribution in [3.05, 3.63) is 29.0 Å². The van der Waals surface area contributed by atoms with E-state index < -0.39 is 0 Å². The van der Waals surface area contributed by atoms with Gasteiger partial charge in [0.05, 0.1) is 0 Å². The van der Waals surface area contributed by atoms with Gasteiger partial charge < -0.3 is 4.90 Å². The van der Waals surface area contributed by atoms with Gasteiger partial charge in [0.2, 0.25) is 6.19 Å². The zero-order chi connectivity index (χ0) is 13.4. The highest BCUT2D eigenvalue weighted by Gasteiger charge is 2.19. The average Bonchev–Trinajstić information content (AvgIpc) is 2.83. The number of nitriles is 1. The Kier molecular flexibility index (Phi) is 6.46. The Morgan fingerprint density at radius 2 is 2.33 bits per heavy atom. The van der Waals surface area contributed by atoms with Crippen molar-refractivity contribution in [3.63, 3.8) is 0 Å². The molecule has 0 radical (unpaired) electrons. The zero-order valence-corrected chi connectivity index (χ0v) is 11.2. The first-order valence-corrected chi connectivity index (χ1v) is 6.44. The van der Waals surface area contributed by atoms with Gasteiger partial charge in [-0.2, -0.15) is 5.26 Å². The third-order valence-corrected chi connectivity index (χ3v) is 3.39. The molecule has 0 spiro atoms. The second kappa shape index (κ2) is 7.89. The molecular formula is C10H13ClN6S. The van der Waals surface area contributed by atoms with Crippen molar-refractivity contribution in [3.8, 4) is 6.19 Å². The molecule has 0 aromatic carbocycles. The number of nitrogens with zero attached hydrogens (tertiary/aromatic N) is 4. The number of rotatable bonds is 2. The fraction of sp³-hybridized carbons (Fsp3) is 0.300. The smallest absolute Gasteiger partial charge is 0.208 e. The predicted octanol–water partition coefficient (Wildman–Crippen LogP) is 0.940. The molecule has 0 atom stereocenters. The SMILES string of the molecule is N#CN=C1SCCN1Cc1ccc(Cl)nc1.NN. The number of hydrazine groups is 1. The predicted molar refractivity (Wildman–Crippen MR) is 73.5 cm³/mol. The molecule has 0 amide bonds. The summed E-state index contributed by atoms with van der Waals surface area (Å²) < 4.78 is 0. The van der Waals surface area contributed by atoms with Crippen LogP contribution in [0.25, 0.3) is 0 Å². The first-order valence-electron chi connectivity index (χ1n) is 5.08. The summed E-state index contributed by atoms with van der Waals surface area (Å²) in [6.07, 6.45) is 3.57. The van der Waals surface area contributed by atoms with Gasteiger partial charge >= 0.3 is 0 Å². The van der Waals surface area contributed by atoms with E-state index in [0.717, 1.165) is 29.6 Å². The van der Waals surface area contributed by atoms with Crippen LogP contribution >= 0.6 is 23.4 Å². The molecule has 0 aliphatic carbocycles. The van der Waals surface area contributed by atoms with Crippen molar-refractivity contribution in [2.24, 2.45) is 16.7 Å². The van der Waals surface area contributed by atoms with Gasteiger partial charge in [0, 0.05) is 25.0 Å². The molecule has 8 heteroatoms. The van der Waals surface area contributed by atoms with Crippen LogP contribution in [0.2, 0.25) is 5.15 Å². The van der Waals surface area contributed by atoms with E-state index in [1.807, 2.05) is 12.3 Å². The normalized spacial score (nSPS) is 16.1. The molecule has 0 unspecified atom stereocenters. The van der Waals surface area contributed by atoms with Crippen LogP contribution in [0.15, 0.2) is 23.3 Å². The quantitative estimate of drug-likeness (QED) is 0.362. The Labute approximate surface area is 115 Å². The van der Waals surface area contributed by atoms with Crippen LogP contribution in [0.4, 0.5) is 0 Å². The van der Waals surface area contributed by atoms with Gasteiger partial charge in [-0.25, -0.2) is 4.98 Å². The molecule has 2 rings (SSSR count). The van der Waals surface area contributed by atoms with Crippen LogP contribution in [-0.4, -0.2) is 27.3 Å². The number of amidine groups is 1. The van der Waals surface area contributed by atoms with Crippen LogP contribution < -0.4 is 11.7 Å². The summed E-state index contributed by atoms with van der Waals surface area (Å²) in [5.74, 6) is 8.97. The first-order chi connectivity index (χ1) is 8.79. The summed E-state index contributed by atoms with van der Waals surface area (Å²) in [7, 11) is 0. The maximum atomic E-state index is 8.54. The van der Waals surface area contributed by atoms with Crippen LogP contribution in [0.5, 0.6) is 0 Å². The second-order valence-corrected chi connectivity index (χ2v) is 4.70. The van der Waals surface area contributed by atoms with Gasteiger partial charge in [0.15, 0.2) is 5.17 Å². The molecule has 0 saturated carbocycles. The highest BCUT2D eigenvalue weighted by molar-refractivity contribution is 8.14. The van der Waals surface area contributed by atoms with E-state index in [9.17, 15) is 0 Å². The monoisotopic (exact) mass is 284 g/mol. The maximum Gasteiger partial charge on any atom is 0.208 e. The Balaban J connectivity index is 0.000000771. The molecule has 0 bridgehead atoms. The molecule has 2 heterocycles. The molecule has 96 valence electrons. The average molecular weight is 285 g/mol. The van der Waals surface area contributed by atoms with Crippen molar-refractivity contribution in [2.75, 3.05) is 12.3 Å². The van der Waals surface area contributed by atoms with Crippen LogP contribution in [0.3, 0.4) is 0 Å². The Bertz CT molecular complexity index is 441. The molecule has 1 saturated heterocycles. The molecule has 1 aliphatic heterocycles. The van der Waals surface area contributed by atoms with Crippen molar-refractivity contribution < 1.29 is 0 Å². The number of thioether (sulfide) groups is 1. The van der Waals surface area contributed by atoms with Crippen molar-refractivity contribution in [1.29, 1.82) is 5.26 Å². The van der Waals surface area contributed by atoms with Crippen LogP contribution in [0, 0.1) is 11.5 Å². The minimum Gasteiger partial charge on any atom is -0.345 e. The number of hydrogen-bond acceptors (Lipinski definition) is 6. The molecule has 1 aliphatic rings. The van der Waals surface area contributed by atoms with E-state index in [4.69, 9.17) is 16.9 Å². The number of pyridine rings is 1. The minimum absolute atomic E-state index is 0.491. The lowest BCUT2D eigenvalue weighted by Crippen LogP contribution is -2.23. The lowest BCUT2D eigenvalue weighted by molar-refractivity contribution is 0.456. The Morgan fingerprint density at radius 1 is 1.56 bits per heavy atom. The van der Waals surface area contributed by atoms with Gasteiger partial charge in [0.1, 0.15) is 5.15 Å². The summed E-state index contributed by atoms with van der Waals surface area (Å²) in [4.78, 5) is 9.87. The zero-order valence-electron chi connectivity index (χ0n) is 9.58. The van der Waals surface area contributed by atoms with E-state index in [-0.39, 0.29) is 0 Å². The second-order valence-electron chi connectivity index (χ2n) is 3.25. The molecule has 18 heavy (non-hydrogen) atoms. The van der Waals surface area contributed by atoms with Gasteiger partial charge in [0.25, 0.3) is 0 Å². The molecule has 1 aromatic heterocycles. The third-order valence-electron chi connectivity index (χ3n) is 2.17. The standard InChI is InChI=1S/C10H9ClN4S.H4N2/c11-9-2-1-8(5-13-9)6-15-3-4-16-10(15)14-7-12;1-2/h1-2,5H,3-4,6H2;1-2H2. The number of nitrogens with two attached hydrogens (primary N) is 2. The number of halogens is 1. The largest absolute Gasteiger partial charge is 0.345 e. The summed E-state index contributed by atoms with van der Waals surface area (Å²) in [6.45, 7) is 1.63. The lowest BCUT2D eigenvalue weighted by Gasteiger charge is -2.16. The first kappa shape index (κ1) is 14.7. The van der Waals surface area contributed by atoms with Crippen molar-refractivity contribution in [1.82, 2.24) is 9.88 Å². The topological polar surface area (TPSA) is 104 Å². The van der Waals surface area contributed by atoms with Crippen LogP contribution in [-0.2, 0) is 6.54 Å². The minimum atomic E-state index is 0.491. The summed E-state index contributed by atoms with van der Waals surface area (Å²) in [5, 5.41) is 9.82. The van der Waals surface area contributed by atoms with E-state index >= 15 is 0 Å². The van der Waals surface area contributed by atoms with E-state index in [1.165, 1.54) is 0 Å². The highest BCUT2D eigenvalue weighted by Crippen LogP contribution is 2.20. The number of aromatic nitrogens is 1.